The van der Waals surface area contributed by atoms with Crippen LogP contribution in [0.25, 0.3) is 5.69 Å². The molecule has 1 aromatic heterocycles. The average molecular weight is 325 g/mol. The number of aryl methyl sites for hydroxylation is 1. The summed E-state index contributed by atoms with van der Waals surface area (Å²) in [6, 6.07) is 8.15. The maximum atomic E-state index is 13.0. The van der Waals surface area contributed by atoms with E-state index in [1.165, 1.54) is 5.69 Å². The highest BCUT2D eigenvalue weighted by atomic mass is 16.3. The van der Waals surface area contributed by atoms with Crippen LogP contribution in [-0.2, 0) is 12.8 Å². The number of amides is 1. The summed E-state index contributed by atoms with van der Waals surface area (Å²) in [4.78, 5) is 14.7. The summed E-state index contributed by atoms with van der Waals surface area (Å²) in [6.45, 7) is 3.20. The molecule has 2 aromatic rings. The Morgan fingerprint density at radius 1 is 1.25 bits per heavy atom. The molecule has 1 saturated heterocycles. The van der Waals surface area contributed by atoms with Crippen molar-refractivity contribution in [3.63, 3.8) is 0 Å². The van der Waals surface area contributed by atoms with Gasteiger partial charge in [0.1, 0.15) is 0 Å². The largest absolute Gasteiger partial charge is 0.391 e. The number of rotatable bonds is 2. The predicted molar refractivity (Wildman–Crippen MR) is 91.5 cm³/mol. The Morgan fingerprint density at radius 2 is 2.08 bits per heavy atom. The molecule has 1 aromatic carbocycles. The summed E-state index contributed by atoms with van der Waals surface area (Å²) < 4.78 is 1.96. The lowest BCUT2D eigenvalue weighted by Crippen LogP contribution is -2.42. The standard InChI is InChI=1S/C19H23N3O2/c1-13-6-2-3-9-16(13)22-17-10-4-8-15(17)18(20-22)19(24)21-11-5-7-14(23)12-21/h2-3,6,9,14,23H,4-5,7-8,10-12H2,1H3. The van der Waals surface area contributed by atoms with Crippen LogP contribution in [0.15, 0.2) is 24.3 Å². The Morgan fingerprint density at radius 3 is 2.88 bits per heavy atom. The van der Waals surface area contributed by atoms with Crippen molar-refractivity contribution >= 4 is 5.91 Å². The second kappa shape index (κ2) is 6.06. The Bertz CT molecular complexity index is 781. The molecule has 1 amide bonds. The second-order valence-corrected chi connectivity index (χ2v) is 6.87. The van der Waals surface area contributed by atoms with Crippen LogP contribution in [0.1, 0.15) is 46.6 Å². The highest BCUT2D eigenvalue weighted by Crippen LogP contribution is 2.30. The van der Waals surface area contributed by atoms with E-state index in [0.29, 0.717) is 18.8 Å². The van der Waals surface area contributed by atoms with Gasteiger partial charge < -0.3 is 10.0 Å². The molecule has 1 aliphatic carbocycles. The van der Waals surface area contributed by atoms with Crippen molar-refractivity contribution in [1.82, 2.24) is 14.7 Å². The number of benzene rings is 1. The van der Waals surface area contributed by atoms with Gasteiger partial charge in [-0.15, -0.1) is 0 Å². The number of hydrogen-bond donors (Lipinski definition) is 1. The number of aromatic nitrogens is 2. The van der Waals surface area contributed by atoms with Crippen molar-refractivity contribution < 1.29 is 9.90 Å². The first-order chi connectivity index (χ1) is 11.6. The van der Waals surface area contributed by atoms with E-state index in [1.54, 1.807) is 4.90 Å². The monoisotopic (exact) mass is 325 g/mol. The van der Waals surface area contributed by atoms with Crippen LogP contribution in [0.3, 0.4) is 0 Å². The normalized spacial score (nSPS) is 20.2. The average Bonchev–Trinajstić information content (AvgIpc) is 3.17. The minimum absolute atomic E-state index is 0.0285. The lowest BCUT2D eigenvalue weighted by molar-refractivity contribution is 0.0467. The van der Waals surface area contributed by atoms with Gasteiger partial charge in [0.15, 0.2) is 5.69 Å². The molecule has 0 saturated carbocycles. The molecule has 1 aliphatic heterocycles. The Kier molecular flexibility index (Phi) is 3.88. The maximum Gasteiger partial charge on any atom is 0.274 e. The lowest BCUT2D eigenvalue weighted by atomic mass is 10.1. The van der Waals surface area contributed by atoms with E-state index in [1.807, 2.05) is 16.8 Å². The fraction of sp³-hybridized carbons (Fsp3) is 0.474. The van der Waals surface area contributed by atoms with Gasteiger partial charge >= 0.3 is 0 Å². The van der Waals surface area contributed by atoms with Gasteiger partial charge in [0.2, 0.25) is 0 Å². The summed E-state index contributed by atoms with van der Waals surface area (Å²) >= 11 is 0. The van der Waals surface area contributed by atoms with Crippen molar-refractivity contribution in [3.05, 3.63) is 46.8 Å². The smallest absolute Gasteiger partial charge is 0.274 e. The Balaban J connectivity index is 1.74. The van der Waals surface area contributed by atoms with Gasteiger partial charge in [-0.25, -0.2) is 4.68 Å². The molecule has 0 bridgehead atoms. The summed E-state index contributed by atoms with van der Waals surface area (Å²) in [5, 5.41) is 14.6. The number of carbonyl (C=O) groups is 1. The topological polar surface area (TPSA) is 58.4 Å². The first-order valence-corrected chi connectivity index (χ1v) is 8.79. The molecule has 5 nitrogen and oxygen atoms in total. The molecule has 1 fully saturated rings. The summed E-state index contributed by atoms with van der Waals surface area (Å²) in [6.07, 6.45) is 4.18. The molecule has 0 spiro atoms. The minimum atomic E-state index is -0.408. The van der Waals surface area contributed by atoms with E-state index in [2.05, 4.69) is 19.1 Å². The molecule has 0 radical (unpaired) electrons. The third-order valence-electron chi connectivity index (χ3n) is 5.16. The minimum Gasteiger partial charge on any atom is -0.391 e. The van der Waals surface area contributed by atoms with Crippen LogP contribution in [-0.4, -0.2) is 44.9 Å². The van der Waals surface area contributed by atoms with E-state index in [4.69, 9.17) is 5.10 Å². The summed E-state index contributed by atoms with van der Waals surface area (Å²) in [7, 11) is 0. The molecule has 126 valence electrons. The number of fused-ring (bicyclic) bond motifs is 1. The third-order valence-corrected chi connectivity index (χ3v) is 5.16. The quantitative estimate of drug-likeness (QED) is 0.921. The van der Waals surface area contributed by atoms with E-state index in [0.717, 1.165) is 48.9 Å². The molecule has 2 heterocycles. The molecule has 24 heavy (non-hydrogen) atoms. The first-order valence-electron chi connectivity index (χ1n) is 8.79. The fourth-order valence-electron chi connectivity index (χ4n) is 3.90. The number of hydrogen-bond acceptors (Lipinski definition) is 3. The Hall–Kier alpha value is -2.14. The van der Waals surface area contributed by atoms with Crippen LogP contribution in [0.5, 0.6) is 0 Å². The van der Waals surface area contributed by atoms with E-state index >= 15 is 0 Å². The van der Waals surface area contributed by atoms with Gasteiger partial charge in [-0.3, -0.25) is 4.79 Å². The number of nitrogens with zero attached hydrogens (tertiary/aromatic N) is 3. The summed E-state index contributed by atoms with van der Waals surface area (Å²) in [5.41, 5.74) is 5.06. The molecular weight excluding hydrogens is 302 g/mol. The summed E-state index contributed by atoms with van der Waals surface area (Å²) in [5.74, 6) is -0.0285. The number of likely N-dealkylation sites (tertiary alicyclic amines) is 1. The van der Waals surface area contributed by atoms with Gasteiger partial charge in [0.25, 0.3) is 5.91 Å². The molecule has 1 atom stereocenters. The van der Waals surface area contributed by atoms with Gasteiger partial charge in [-0.1, -0.05) is 18.2 Å². The van der Waals surface area contributed by atoms with Crippen molar-refractivity contribution in [2.45, 2.75) is 45.1 Å². The fourth-order valence-corrected chi connectivity index (χ4v) is 3.90. The van der Waals surface area contributed by atoms with Crippen LogP contribution < -0.4 is 0 Å². The number of aliphatic hydroxyl groups excluding tert-OH is 1. The number of carbonyl (C=O) groups excluding carboxylic acids is 1. The predicted octanol–water partition coefficient (Wildman–Crippen LogP) is 2.27. The third kappa shape index (κ3) is 2.53. The van der Waals surface area contributed by atoms with Crippen molar-refractivity contribution in [2.75, 3.05) is 13.1 Å². The lowest BCUT2D eigenvalue weighted by Gasteiger charge is -2.29. The van der Waals surface area contributed by atoms with Gasteiger partial charge in [-0.05, 0) is 50.7 Å². The van der Waals surface area contributed by atoms with Crippen molar-refractivity contribution in [3.8, 4) is 5.69 Å². The van der Waals surface area contributed by atoms with Crippen LogP contribution in [0, 0.1) is 6.92 Å². The Labute approximate surface area is 141 Å². The maximum absolute atomic E-state index is 13.0. The molecule has 5 heteroatoms. The van der Waals surface area contributed by atoms with E-state index in [9.17, 15) is 9.90 Å². The zero-order valence-corrected chi connectivity index (χ0v) is 14.0. The van der Waals surface area contributed by atoms with Crippen LogP contribution in [0.4, 0.5) is 0 Å². The zero-order chi connectivity index (χ0) is 16.7. The number of aliphatic hydroxyl groups is 1. The first kappa shape index (κ1) is 15.4. The molecule has 1 unspecified atom stereocenters. The van der Waals surface area contributed by atoms with Gasteiger partial charge in [0, 0.05) is 24.3 Å². The van der Waals surface area contributed by atoms with Crippen LogP contribution >= 0.6 is 0 Å². The molecule has 2 aliphatic rings. The highest BCUT2D eigenvalue weighted by molar-refractivity contribution is 5.94. The molecule has 1 N–H and O–H groups in total. The zero-order valence-electron chi connectivity index (χ0n) is 14.0. The van der Waals surface area contributed by atoms with Gasteiger partial charge in [0.05, 0.1) is 11.8 Å². The molecule has 4 rings (SSSR count). The van der Waals surface area contributed by atoms with Gasteiger partial charge in [-0.2, -0.15) is 5.10 Å². The van der Waals surface area contributed by atoms with Crippen molar-refractivity contribution in [2.24, 2.45) is 0 Å². The molecular formula is C19H23N3O2. The van der Waals surface area contributed by atoms with E-state index in [-0.39, 0.29) is 5.91 Å². The number of para-hydroxylation sites is 1. The highest BCUT2D eigenvalue weighted by Gasteiger charge is 2.31. The van der Waals surface area contributed by atoms with Crippen molar-refractivity contribution in [1.29, 1.82) is 0 Å². The number of β-amino-alcohol motifs (C(OH)–C–C–N with tert-alkyl or cyclic N) is 1. The SMILES string of the molecule is Cc1ccccc1-n1nc(C(=O)N2CCCC(O)C2)c2c1CCC2. The number of piperidine rings is 1. The second-order valence-electron chi connectivity index (χ2n) is 6.87. The van der Waals surface area contributed by atoms with E-state index < -0.39 is 6.10 Å². The van der Waals surface area contributed by atoms with Crippen LogP contribution in [0.2, 0.25) is 0 Å².